The van der Waals surface area contributed by atoms with Crippen molar-refractivity contribution in [3.63, 3.8) is 0 Å². The second-order valence-electron chi connectivity index (χ2n) is 20.0. The Bertz CT molecular complexity index is 1460. The Morgan fingerprint density at radius 3 is 2.27 bits per heavy atom. The monoisotopic (exact) mass is 727 g/mol. The summed E-state index contributed by atoms with van der Waals surface area (Å²) in [6.07, 6.45) is 17.7. The molecule has 0 aromatic carbocycles. The van der Waals surface area contributed by atoms with Gasteiger partial charge < -0.3 is 15.5 Å². The lowest BCUT2D eigenvalue weighted by Gasteiger charge is -2.72. The van der Waals surface area contributed by atoms with E-state index in [0.717, 1.165) is 39.0 Å². The molecule has 0 bridgehead atoms. The van der Waals surface area contributed by atoms with E-state index in [1.54, 1.807) is 0 Å². The van der Waals surface area contributed by atoms with Crippen molar-refractivity contribution < 1.29 is 24.1 Å². The van der Waals surface area contributed by atoms with Crippen LogP contribution in [-0.4, -0.2) is 80.0 Å². The van der Waals surface area contributed by atoms with Gasteiger partial charge in [0.1, 0.15) is 0 Å². The van der Waals surface area contributed by atoms with Gasteiger partial charge in [0.15, 0.2) is 0 Å². The molecule has 1 saturated heterocycles. The molecule has 0 aromatic rings. The summed E-state index contributed by atoms with van der Waals surface area (Å²) >= 11 is 0. The van der Waals surface area contributed by atoms with Gasteiger partial charge in [0, 0.05) is 31.7 Å². The van der Waals surface area contributed by atoms with Gasteiger partial charge in [0.25, 0.3) is 0 Å². The molecule has 8 heteroatoms. The molecule has 0 spiro atoms. The molecule has 7 aliphatic rings. The van der Waals surface area contributed by atoms with Crippen LogP contribution in [0.2, 0.25) is 0 Å². The largest absolute Gasteiger partial charge is 0.481 e. The van der Waals surface area contributed by atoms with Crippen LogP contribution < -0.4 is 5.32 Å². The van der Waals surface area contributed by atoms with Crippen LogP contribution >= 0.6 is 10.6 Å². The number of nitrogens with zero attached hydrogens (tertiary/aromatic N) is 1. The summed E-state index contributed by atoms with van der Waals surface area (Å²) in [7, 11) is -2.37. The molecule has 1 heterocycles. The molecule has 6 aliphatic carbocycles. The van der Waals surface area contributed by atoms with Gasteiger partial charge >= 0.3 is 5.97 Å². The van der Waals surface area contributed by atoms with Crippen molar-refractivity contribution in [3.05, 3.63) is 35.5 Å². The highest BCUT2D eigenvalue weighted by molar-refractivity contribution is 8.24. The molecule has 0 amide bonds. The van der Waals surface area contributed by atoms with Crippen LogP contribution in [0.5, 0.6) is 0 Å². The minimum atomic E-state index is -2.37. The number of carboxylic acid groups (broad SMARTS) is 1. The number of allylic oxidation sites excluding steroid dienone is 5. The molecule has 5 N–H and O–H groups in total. The molecule has 288 valence electrons. The first-order chi connectivity index (χ1) is 23.9. The third-order valence-electron chi connectivity index (χ3n) is 17.7. The Kier molecular flexibility index (Phi) is 9.70. The fourth-order valence-corrected chi connectivity index (χ4v) is 15.9. The van der Waals surface area contributed by atoms with Crippen molar-refractivity contribution in [1.29, 1.82) is 0 Å². The Morgan fingerprint density at radius 1 is 0.922 bits per heavy atom. The van der Waals surface area contributed by atoms with Gasteiger partial charge in [-0.25, -0.2) is 0 Å². The number of carboxylic acids is 1. The van der Waals surface area contributed by atoms with Crippen LogP contribution in [0.15, 0.2) is 35.5 Å². The number of rotatable bonds is 8. The maximum Gasteiger partial charge on any atom is 0.312 e. The van der Waals surface area contributed by atoms with E-state index < -0.39 is 22.0 Å². The van der Waals surface area contributed by atoms with Crippen molar-refractivity contribution in [1.82, 2.24) is 10.2 Å². The van der Waals surface area contributed by atoms with Crippen molar-refractivity contribution in [2.75, 3.05) is 44.3 Å². The Hall–Kier alpha value is -1.16. The zero-order valence-electron chi connectivity index (χ0n) is 32.7. The van der Waals surface area contributed by atoms with Gasteiger partial charge in [-0.2, -0.15) is 10.6 Å². The van der Waals surface area contributed by atoms with E-state index in [4.69, 9.17) is 0 Å². The quantitative estimate of drug-likeness (QED) is 0.159. The fourth-order valence-electron chi connectivity index (χ4n) is 14.6. The van der Waals surface area contributed by atoms with Crippen LogP contribution in [0.4, 0.5) is 0 Å². The molecule has 51 heavy (non-hydrogen) atoms. The number of aliphatic hydroxyl groups is 1. The van der Waals surface area contributed by atoms with Gasteiger partial charge in [-0.15, -0.1) is 0 Å². The summed E-state index contributed by atoms with van der Waals surface area (Å²) in [5.41, 5.74) is 4.10. The summed E-state index contributed by atoms with van der Waals surface area (Å²) in [5.74, 6) is 3.30. The van der Waals surface area contributed by atoms with Crippen LogP contribution in [-0.2, 0) is 4.79 Å². The number of hydrogen-bond donors (Lipinski definition) is 5. The number of aliphatic hydroxyl groups excluding tert-OH is 1. The predicted octanol–water partition coefficient (Wildman–Crippen LogP) is 8.76. The summed E-state index contributed by atoms with van der Waals surface area (Å²) in [5, 5.41) is 24.1. The number of nitrogens with one attached hydrogen (secondary N) is 1. The smallest absolute Gasteiger partial charge is 0.312 e. The van der Waals surface area contributed by atoms with Crippen LogP contribution in [0.25, 0.3) is 0 Å². The fraction of sp³-hybridized carbons (Fsp3) is 0.837. The standard InChI is InChI=1S/C43H70N2O5S/c1-29(2)31-12-19-43(44-22-23-45-24-26-51(49,50)27-25-45)21-20-40(6)33(36(31)43)8-9-35-39(5)15-13-32(38(3,4)34(39)14-16-41(35,40)7)30-10-17-42(28-46,18-11-30)37(47)48/h10,13,31,33-36,44,46,49-50H,1,8-9,11-12,14-28H2,2-7H3,(H,47,48)/t31-,33+,34-,35+,36+,39-,40+,41+,42-,43-/m0/s1. The number of fused-ring (bicyclic) bond motifs is 7. The normalized spacial score (nSPS) is 46.7. The summed E-state index contributed by atoms with van der Waals surface area (Å²) in [6.45, 7) is 23.2. The molecule has 5 fully saturated rings. The highest BCUT2D eigenvalue weighted by atomic mass is 32.3. The van der Waals surface area contributed by atoms with Gasteiger partial charge in [-0.3, -0.25) is 18.8 Å². The van der Waals surface area contributed by atoms with E-state index in [2.05, 4.69) is 70.5 Å². The first kappa shape index (κ1) is 38.1. The van der Waals surface area contributed by atoms with E-state index in [1.807, 2.05) is 0 Å². The van der Waals surface area contributed by atoms with Crippen molar-refractivity contribution >= 4 is 16.6 Å². The van der Waals surface area contributed by atoms with Gasteiger partial charge in [-0.1, -0.05) is 58.9 Å². The number of carbonyl (C=O) groups is 1. The van der Waals surface area contributed by atoms with E-state index in [9.17, 15) is 24.1 Å². The van der Waals surface area contributed by atoms with E-state index in [0.29, 0.717) is 53.9 Å². The van der Waals surface area contributed by atoms with E-state index >= 15 is 0 Å². The highest BCUT2D eigenvalue weighted by Gasteiger charge is 2.70. The molecule has 1 aliphatic heterocycles. The first-order valence-corrected chi connectivity index (χ1v) is 22.4. The van der Waals surface area contributed by atoms with Crippen LogP contribution in [0, 0.1) is 56.7 Å². The second kappa shape index (κ2) is 13.0. The van der Waals surface area contributed by atoms with Gasteiger partial charge in [0.2, 0.25) is 0 Å². The highest BCUT2D eigenvalue weighted by Crippen LogP contribution is 2.76. The lowest BCUT2D eigenvalue weighted by molar-refractivity contribution is -0.221. The first-order valence-electron chi connectivity index (χ1n) is 20.5. The van der Waals surface area contributed by atoms with Gasteiger partial charge in [-0.05, 0) is 146 Å². The SMILES string of the molecule is C=C(C)[C@@H]1CC[C@]2(NCCN3CCS(O)(O)CC3)CC[C@]3(C)[C@H](CC[C@@H]4[C@@]5(C)CC=C(C6=CC[C@](CO)(C(=O)O)CC6)C(C)(C)[C@@H]5CC[C@]43C)[C@@H]12. The maximum absolute atomic E-state index is 12.1. The molecule has 10 atom stereocenters. The third kappa shape index (κ3) is 5.81. The molecular formula is C43H70N2O5S. The Morgan fingerprint density at radius 2 is 1.65 bits per heavy atom. The zero-order chi connectivity index (χ0) is 36.8. The van der Waals surface area contributed by atoms with Crippen molar-refractivity contribution in [3.8, 4) is 0 Å². The molecule has 4 saturated carbocycles. The summed E-state index contributed by atoms with van der Waals surface area (Å²) in [4.78, 5) is 14.5. The topological polar surface area (TPSA) is 113 Å². The van der Waals surface area contributed by atoms with Crippen molar-refractivity contribution in [2.24, 2.45) is 56.7 Å². The van der Waals surface area contributed by atoms with Crippen molar-refractivity contribution in [2.45, 2.75) is 124 Å². The Balaban J connectivity index is 1.13. The molecule has 0 unspecified atom stereocenters. The van der Waals surface area contributed by atoms with E-state index in [-0.39, 0.29) is 33.8 Å². The average Bonchev–Trinajstić information content (AvgIpc) is 3.46. The lowest BCUT2D eigenvalue weighted by Crippen LogP contribution is -2.68. The minimum Gasteiger partial charge on any atom is -0.481 e. The van der Waals surface area contributed by atoms with Gasteiger partial charge in [0.05, 0.1) is 23.5 Å². The number of hydrogen-bond acceptors (Lipinski definition) is 6. The lowest BCUT2D eigenvalue weighted by atomic mass is 9.33. The number of aliphatic carboxylic acids is 1. The maximum atomic E-state index is 12.1. The molecule has 7 nitrogen and oxygen atoms in total. The third-order valence-corrected chi connectivity index (χ3v) is 19.4. The second-order valence-corrected chi connectivity index (χ2v) is 22.5. The van der Waals surface area contributed by atoms with Crippen LogP contribution in [0.1, 0.15) is 119 Å². The molecule has 0 aromatic heterocycles. The zero-order valence-corrected chi connectivity index (χ0v) is 33.6. The molecule has 7 rings (SSSR count). The average molecular weight is 727 g/mol. The molecule has 0 radical (unpaired) electrons. The summed E-state index contributed by atoms with van der Waals surface area (Å²) in [6, 6.07) is 0. The predicted molar refractivity (Wildman–Crippen MR) is 209 cm³/mol. The summed E-state index contributed by atoms with van der Waals surface area (Å²) < 4.78 is 20.3. The Labute approximate surface area is 310 Å². The van der Waals surface area contributed by atoms with E-state index in [1.165, 1.54) is 68.1 Å². The van der Waals surface area contributed by atoms with Crippen LogP contribution in [0.3, 0.4) is 0 Å². The minimum absolute atomic E-state index is 0.0218. The molecular weight excluding hydrogens is 657 g/mol.